The number of thiazole rings is 1. The standard InChI is InChI=1S/C15H18N2O2S2/c1-9-12(21-14(16-9)10-5-6-20-7-10)13(19)17-15(2,8-18)11-3-4-11/h5-7,11,18H,3-4,8H2,1-2H3,(H,17,19). The smallest absolute Gasteiger partial charge is 0.263 e. The summed E-state index contributed by atoms with van der Waals surface area (Å²) in [5.74, 6) is 0.256. The Labute approximate surface area is 131 Å². The van der Waals surface area contributed by atoms with Crippen molar-refractivity contribution in [3.8, 4) is 10.6 Å². The Kier molecular flexibility index (Phi) is 3.86. The summed E-state index contributed by atoms with van der Waals surface area (Å²) in [6, 6.07) is 2.01. The van der Waals surface area contributed by atoms with E-state index in [1.165, 1.54) is 11.3 Å². The van der Waals surface area contributed by atoms with E-state index in [2.05, 4.69) is 10.3 Å². The number of carbonyl (C=O) groups is 1. The first-order chi connectivity index (χ1) is 10.0. The van der Waals surface area contributed by atoms with Crippen LogP contribution in [0.2, 0.25) is 0 Å². The monoisotopic (exact) mass is 322 g/mol. The molecule has 1 saturated carbocycles. The number of aliphatic hydroxyl groups excluding tert-OH is 1. The molecule has 1 aliphatic rings. The van der Waals surface area contributed by atoms with Gasteiger partial charge in [-0.15, -0.1) is 11.3 Å². The van der Waals surface area contributed by atoms with Crippen LogP contribution in [0.25, 0.3) is 10.6 Å². The summed E-state index contributed by atoms with van der Waals surface area (Å²) in [5, 5.41) is 17.5. The Morgan fingerprint density at radius 1 is 1.57 bits per heavy atom. The summed E-state index contributed by atoms with van der Waals surface area (Å²) in [4.78, 5) is 17.6. The van der Waals surface area contributed by atoms with Crippen molar-refractivity contribution in [1.82, 2.24) is 10.3 Å². The molecular weight excluding hydrogens is 304 g/mol. The van der Waals surface area contributed by atoms with E-state index < -0.39 is 5.54 Å². The van der Waals surface area contributed by atoms with Crippen molar-refractivity contribution < 1.29 is 9.90 Å². The van der Waals surface area contributed by atoms with Crippen molar-refractivity contribution in [3.63, 3.8) is 0 Å². The lowest BCUT2D eigenvalue weighted by Gasteiger charge is -2.28. The fourth-order valence-corrected chi connectivity index (χ4v) is 4.10. The molecule has 0 saturated heterocycles. The van der Waals surface area contributed by atoms with Crippen LogP contribution in [0.15, 0.2) is 16.8 Å². The van der Waals surface area contributed by atoms with Crippen molar-refractivity contribution in [2.24, 2.45) is 5.92 Å². The number of amides is 1. The Morgan fingerprint density at radius 3 is 2.90 bits per heavy atom. The molecule has 2 heterocycles. The number of aliphatic hydroxyl groups is 1. The highest BCUT2D eigenvalue weighted by atomic mass is 32.1. The largest absolute Gasteiger partial charge is 0.394 e. The van der Waals surface area contributed by atoms with Gasteiger partial charge in [-0.2, -0.15) is 11.3 Å². The zero-order chi connectivity index (χ0) is 15.0. The topological polar surface area (TPSA) is 62.2 Å². The quantitative estimate of drug-likeness (QED) is 0.889. The first-order valence-electron chi connectivity index (χ1n) is 6.97. The van der Waals surface area contributed by atoms with Crippen LogP contribution in [-0.2, 0) is 0 Å². The van der Waals surface area contributed by atoms with E-state index in [9.17, 15) is 9.90 Å². The molecule has 1 unspecified atom stereocenters. The maximum Gasteiger partial charge on any atom is 0.263 e. The van der Waals surface area contributed by atoms with Crippen molar-refractivity contribution >= 4 is 28.6 Å². The summed E-state index contributed by atoms with van der Waals surface area (Å²) in [6.07, 6.45) is 2.14. The Hall–Kier alpha value is -1.24. The average molecular weight is 322 g/mol. The minimum Gasteiger partial charge on any atom is -0.394 e. The van der Waals surface area contributed by atoms with Gasteiger partial charge in [0.25, 0.3) is 5.91 Å². The van der Waals surface area contributed by atoms with Crippen molar-refractivity contribution in [2.45, 2.75) is 32.2 Å². The third-order valence-corrected chi connectivity index (χ3v) is 5.87. The lowest BCUT2D eigenvalue weighted by atomic mass is 9.97. The van der Waals surface area contributed by atoms with Crippen molar-refractivity contribution in [1.29, 1.82) is 0 Å². The predicted octanol–water partition coefficient (Wildman–Crippen LogP) is 3.07. The van der Waals surface area contributed by atoms with Crippen LogP contribution >= 0.6 is 22.7 Å². The zero-order valence-electron chi connectivity index (χ0n) is 12.0. The molecule has 6 heteroatoms. The van der Waals surface area contributed by atoms with Gasteiger partial charge in [-0.25, -0.2) is 4.98 Å². The van der Waals surface area contributed by atoms with Gasteiger partial charge in [-0.1, -0.05) is 0 Å². The average Bonchev–Trinajstić information content (AvgIpc) is 3.04. The molecular formula is C15H18N2O2S2. The van der Waals surface area contributed by atoms with E-state index in [0.29, 0.717) is 10.8 Å². The summed E-state index contributed by atoms with van der Waals surface area (Å²) < 4.78 is 0. The van der Waals surface area contributed by atoms with Gasteiger partial charge in [0.15, 0.2) is 0 Å². The number of aryl methyl sites for hydroxylation is 1. The summed E-state index contributed by atoms with van der Waals surface area (Å²) in [5.41, 5.74) is 1.28. The van der Waals surface area contributed by atoms with E-state index in [4.69, 9.17) is 0 Å². The van der Waals surface area contributed by atoms with Crippen molar-refractivity contribution in [3.05, 3.63) is 27.4 Å². The number of thiophene rings is 1. The Bertz CT molecular complexity index is 647. The molecule has 1 fully saturated rings. The van der Waals surface area contributed by atoms with Crippen LogP contribution in [0.5, 0.6) is 0 Å². The number of aromatic nitrogens is 1. The van der Waals surface area contributed by atoms with Crippen LogP contribution in [-0.4, -0.2) is 28.1 Å². The highest BCUT2D eigenvalue weighted by Crippen LogP contribution is 2.39. The van der Waals surface area contributed by atoms with Crippen LogP contribution in [0.3, 0.4) is 0 Å². The second kappa shape index (κ2) is 5.51. The van der Waals surface area contributed by atoms with E-state index in [1.54, 1.807) is 11.3 Å². The van der Waals surface area contributed by atoms with Crippen molar-refractivity contribution in [2.75, 3.05) is 6.61 Å². The number of carbonyl (C=O) groups excluding carboxylic acids is 1. The van der Waals surface area contributed by atoms with Crippen LogP contribution in [0, 0.1) is 12.8 Å². The normalized spacial score (nSPS) is 17.5. The minimum absolute atomic E-state index is 0.0291. The minimum atomic E-state index is -0.518. The van der Waals surface area contributed by atoms with Gasteiger partial charge < -0.3 is 10.4 Å². The molecule has 0 aliphatic heterocycles. The number of hydrogen-bond donors (Lipinski definition) is 2. The second-order valence-corrected chi connectivity index (χ2v) is 7.53. The molecule has 4 nitrogen and oxygen atoms in total. The molecule has 0 spiro atoms. The SMILES string of the molecule is Cc1nc(-c2ccsc2)sc1C(=O)NC(C)(CO)C1CC1. The van der Waals surface area contributed by atoms with Crippen LogP contribution in [0.4, 0.5) is 0 Å². The molecule has 1 amide bonds. The highest BCUT2D eigenvalue weighted by Gasteiger charge is 2.42. The van der Waals surface area contributed by atoms with Gasteiger partial charge in [-0.05, 0) is 44.1 Å². The lowest BCUT2D eigenvalue weighted by molar-refractivity contribution is 0.0828. The number of nitrogens with one attached hydrogen (secondary N) is 1. The molecule has 21 heavy (non-hydrogen) atoms. The molecule has 112 valence electrons. The summed E-state index contributed by atoms with van der Waals surface area (Å²) >= 11 is 3.03. The van der Waals surface area contributed by atoms with E-state index in [1.807, 2.05) is 30.7 Å². The van der Waals surface area contributed by atoms with Gasteiger partial charge in [0.1, 0.15) is 9.88 Å². The third kappa shape index (κ3) is 2.88. The predicted molar refractivity (Wildman–Crippen MR) is 85.8 cm³/mol. The molecule has 1 atom stereocenters. The maximum atomic E-state index is 12.5. The Balaban J connectivity index is 1.82. The van der Waals surface area contributed by atoms with Gasteiger partial charge >= 0.3 is 0 Å². The fraction of sp³-hybridized carbons (Fsp3) is 0.467. The van der Waals surface area contributed by atoms with Gasteiger partial charge in [0, 0.05) is 10.9 Å². The van der Waals surface area contributed by atoms with E-state index in [0.717, 1.165) is 29.1 Å². The van der Waals surface area contributed by atoms with Gasteiger partial charge in [0.2, 0.25) is 0 Å². The van der Waals surface area contributed by atoms with Gasteiger partial charge in [0.05, 0.1) is 17.8 Å². The third-order valence-electron chi connectivity index (χ3n) is 3.98. The molecule has 0 bridgehead atoms. The zero-order valence-corrected chi connectivity index (χ0v) is 13.7. The lowest BCUT2D eigenvalue weighted by Crippen LogP contribution is -2.50. The van der Waals surface area contributed by atoms with E-state index >= 15 is 0 Å². The highest BCUT2D eigenvalue weighted by molar-refractivity contribution is 7.17. The van der Waals surface area contributed by atoms with Crippen LogP contribution < -0.4 is 5.32 Å². The molecule has 2 aromatic rings. The molecule has 3 rings (SSSR count). The summed E-state index contributed by atoms with van der Waals surface area (Å²) in [7, 11) is 0. The number of rotatable bonds is 5. The molecule has 0 radical (unpaired) electrons. The Morgan fingerprint density at radius 2 is 2.33 bits per heavy atom. The summed E-state index contributed by atoms with van der Waals surface area (Å²) in [6.45, 7) is 3.74. The van der Waals surface area contributed by atoms with E-state index in [-0.39, 0.29) is 12.5 Å². The van der Waals surface area contributed by atoms with Crippen LogP contribution in [0.1, 0.15) is 35.1 Å². The second-order valence-electron chi connectivity index (χ2n) is 5.75. The molecule has 1 aliphatic carbocycles. The molecule has 0 aromatic carbocycles. The first kappa shape index (κ1) is 14.7. The maximum absolute atomic E-state index is 12.5. The molecule has 2 N–H and O–H groups in total. The fourth-order valence-electron chi connectivity index (χ4n) is 2.42. The van der Waals surface area contributed by atoms with Gasteiger partial charge in [-0.3, -0.25) is 4.79 Å². The number of nitrogens with zero attached hydrogens (tertiary/aromatic N) is 1. The first-order valence-corrected chi connectivity index (χ1v) is 8.73. The number of hydrogen-bond acceptors (Lipinski definition) is 5. The molecule has 2 aromatic heterocycles.